The van der Waals surface area contributed by atoms with Crippen LogP contribution in [0.2, 0.25) is 0 Å². The molecule has 5 heteroatoms. The van der Waals surface area contributed by atoms with E-state index in [1.165, 1.54) is 12.8 Å². The number of piperidine rings is 1. The summed E-state index contributed by atoms with van der Waals surface area (Å²) in [5.74, 6) is 0. The quantitative estimate of drug-likeness (QED) is 0.800. The minimum absolute atomic E-state index is 0.0391. The maximum absolute atomic E-state index is 11.5. The molecule has 0 aromatic carbocycles. The van der Waals surface area contributed by atoms with Crippen LogP contribution in [0.5, 0.6) is 0 Å². The molecule has 1 aliphatic heterocycles. The van der Waals surface area contributed by atoms with Gasteiger partial charge in [-0.15, -0.1) is 0 Å². The fraction of sp³-hybridized carbons (Fsp3) is 0.923. The van der Waals surface area contributed by atoms with Crippen LogP contribution in [0.25, 0.3) is 0 Å². The zero-order chi connectivity index (χ0) is 13.8. The number of nitrogens with two attached hydrogens (primary N) is 1. The van der Waals surface area contributed by atoms with Crippen molar-refractivity contribution in [2.45, 2.75) is 57.7 Å². The Bertz CT molecular complexity index is 276. The minimum atomic E-state index is -0.462. The number of likely N-dealkylation sites (tertiary alicyclic amines) is 1. The molecule has 1 heterocycles. The summed E-state index contributed by atoms with van der Waals surface area (Å²) in [6, 6.07) is 0.316. The molecule has 0 aliphatic carbocycles. The number of alkyl carbamates (subject to hydrolysis) is 1. The Kier molecular flexibility index (Phi) is 5.41. The molecule has 2 atom stereocenters. The predicted molar refractivity (Wildman–Crippen MR) is 72.5 cm³/mol. The van der Waals surface area contributed by atoms with E-state index in [1.54, 1.807) is 0 Å². The summed E-state index contributed by atoms with van der Waals surface area (Å²) in [5, 5.41) is 2.74. The predicted octanol–water partition coefficient (Wildman–Crippen LogP) is 1.32. The van der Waals surface area contributed by atoms with Gasteiger partial charge in [0.05, 0.1) is 0 Å². The summed E-state index contributed by atoms with van der Waals surface area (Å²) < 4.78 is 5.18. The van der Waals surface area contributed by atoms with Crippen LogP contribution in [0.3, 0.4) is 0 Å². The van der Waals surface area contributed by atoms with Crippen molar-refractivity contribution in [3.05, 3.63) is 0 Å². The van der Waals surface area contributed by atoms with E-state index in [2.05, 4.69) is 17.3 Å². The minimum Gasteiger partial charge on any atom is -0.444 e. The number of likely N-dealkylation sites (N-methyl/N-ethyl adjacent to an activating group) is 1. The Morgan fingerprint density at radius 1 is 1.50 bits per heavy atom. The van der Waals surface area contributed by atoms with Gasteiger partial charge in [-0.1, -0.05) is 6.42 Å². The first-order valence-corrected chi connectivity index (χ1v) is 6.72. The third-order valence-corrected chi connectivity index (χ3v) is 3.20. The second-order valence-corrected chi connectivity index (χ2v) is 6.09. The fourth-order valence-electron chi connectivity index (χ4n) is 2.29. The van der Waals surface area contributed by atoms with Gasteiger partial charge in [0.15, 0.2) is 0 Å². The van der Waals surface area contributed by atoms with Crippen molar-refractivity contribution in [2.24, 2.45) is 5.73 Å². The van der Waals surface area contributed by atoms with Gasteiger partial charge in [0, 0.05) is 18.6 Å². The summed E-state index contributed by atoms with van der Waals surface area (Å²) in [7, 11) is 2.09. The number of hydrogen-bond donors (Lipinski definition) is 2. The highest BCUT2D eigenvalue weighted by atomic mass is 16.6. The van der Waals surface area contributed by atoms with Crippen LogP contribution in [0.1, 0.15) is 40.0 Å². The van der Waals surface area contributed by atoms with Crippen LogP contribution < -0.4 is 11.1 Å². The summed E-state index contributed by atoms with van der Waals surface area (Å²) in [4.78, 5) is 13.8. The van der Waals surface area contributed by atoms with Crippen LogP contribution in [0.15, 0.2) is 0 Å². The largest absolute Gasteiger partial charge is 0.444 e. The number of rotatable bonds is 3. The number of nitrogens with one attached hydrogen (secondary N) is 1. The number of carbonyl (C=O) groups excluding carboxylic acids is 1. The Labute approximate surface area is 110 Å². The Morgan fingerprint density at radius 2 is 2.17 bits per heavy atom. The van der Waals surface area contributed by atoms with E-state index in [0.717, 1.165) is 13.0 Å². The average Bonchev–Trinajstić information content (AvgIpc) is 2.24. The molecule has 1 rings (SSSR count). The lowest BCUT2D eigenvalue weighted by Gasteiger charge is -2.36. The van der Waals surface area contributed by atoms with Gasteiger partial charge in [0.25, 0.3) is 0 Å². The van der Waals surface area contributed by atoms with E-state index in [4.69, 9.17) is 10.5 Å². The van der Waals surface area contributed by atoms with Crippen molar-refractivity contribution in [3.8, 4) is 0 Å². The van der Waals surface area contributed by atoms with Gasteiger partial charge in [-0.05, 0) is 47.2 Å². The van der Waals surface area contributed by atoms with Crippen LogP contribution in [-0.2, 0) is 4.74 Å². The average molecular weight is 257 g/mol. The SMILES string of the molecule is CN1CCCCC1C(N)CNC(=O)OC(C)(C)C. The fourth-order valence-corrected chi connectivity index (χ4v) is 2.29. The topological polar surface area (TPSA) is 67.6 Å². The van der Waals surface area contributed by atoms with Gasteiger partial charge in [-0.25, -0.2) is 4.79 Å². The van der Waals surface area contributed by atoms with E-state index in [1.807, 2.05) is 20.8 Å². The van der Waals surface area contributed by atoms with Crippen LogP contribution in [-0.4, -0.2) is 48.8 Å². The van der Waals surface area contributed by atoms with Crippen LogP contribution in [0, 0.1) is 0 Å². The zero-order valence-electron chi connectivity index (χ0n) is 12.0. The molecule has 0 saturated carbocycles. The number of nitrogens with zero attached hydrogens (tertiary/aromatic N) is 1. The number of amides is 1. The Morgan fingerprint density at radius 3 is 2.72 bits per heavy atom. The van der Waals surface area contributed by atoms with Crippen molar-refractivity contribution >= 4 is 6.09 Å². The first kappa shape index (κ1) is 15.2. The summed E-state index contributed by atoms with van der Waals surface area (Å²) >= 11 is 0. The van der Waals surface area contributed by atoms with Crippen molar-refractivity contribution in [2.75, 3.05) is 20.1 Å². The zero-order valence-corrected chi connectivity index (χ0v) is 12.0. The maximum Gasteiger partial charge on any atom is 0.407 e. The second-order valence-electron chi connectivity index (χ2n) is 6.09. The molecule has 1 aliphatic rings. The monoisotopic (exact) mass is 257 g/mol. The third kappa shape index (κ3) is 5.23. The molecule has 0 aromatic rings. The first-order chi connectivity index (χ1) is 8.29. The molecule has 0 spiro atoms. The molecule has 106 valence electrons. The van der Waals surface area contributed by atoms with Gasteiger partial charge in [-0.2, -0.15) is 0 Å². The standard InChI is InChI=1S/C13H27N3O2/c1-13(2,3)18-12(17)15-9-10(14)11-7-5-6-8-16(11)4/h10-11H,5-9,14H2,1-4H3,(H,15,17). The van der Waals surface area contributed by atoms with Crippen molar-refractivity contribution in [1.29, 1.82) is 0 Å². The van der Waals surface area contributed by atoms with E-state index in [9.17, 15) is 4.79 Å². The van der Waals surface area contributed by atoms with Gasteiger partial charge < -0.3 is 20.7 Å². The summed E-state index contributed by atoms with van der Waals surface area (Å²) in [6.45, 7) is 7.10. The van der Waals surface area contributed by atoms with E-state index < -0.39 is 11.7 Å². The summed E-state index contributed by atoms with van der Waals surface area (Å²) in [5.41, 5.74) is 5.68. The van der Waals surface area contributed by atoms with E-state index in [-0.39, 0.29) is 6.04 Å². The lowest BCUT2D eigenvalue weighted by Crippen LogP contribution is -2.53. The van der Waals surface area contributed by atoms with Crippen molar-refractivity contribution < 1.29 is 9.53 Å². The van der Waals surface area contributed by atoms with Gasteiger partial charge in [0.1, 0.15) is 5.60 Å². The van der Waals surface area contributed by atoms with E-state index in [0.29, 0.717) is 12.6 Å². The molecule has 0 bridgehead atoms. The highest BCUT2D eigenvalue weighted by Crippen LogP contribution is 2.16. The number of hydrogen-bond acceptors (Lipinski definition) is 4. The van der Waals surface area contributed by atoms with Gasteiger partial charge in [0.2, 0.25) is 0 Å². The molecule has 1 saturated heterocycles. The van der Waals surface area contributed by atoms with Crippen molar-refractivity contribution in [3.63, 3.8) is 0 Å². The molecular formula is C13H27N3O2. The van der Waals surface area contributed by atoms with Gasteiger partial charge in [-0.3, -0.25) is 0 Å². The Balaban J connectivity index is 2.31. The smallest absolute Gasteiger partial charge is 0.407 e. The molecule has 3 N–H and O–H groups in total. The molecule has 1 fully saturated rings. The second kappa shape index (κ2) is 6.38. The molecule has 18 heavy (non-hydrogen) atoms. The molecular weight excluding hydrogens is 230 g/mol. The third-order valence-electron chi connectivity index (χ3n) is 3.20. The summed E-state index contributed by atoms with van der Waals surface area (Å²) in [6.07, 6.45) is 3.17. The molecule has 5 nitrogen and oxygen atoms in total. The van der Waals surface area contributed by atoms with Crippen LogP contribution >= 0.6 is 0 Å². The molecule has 0 radical (unpaired) electrons. The maximum atomic E-state index is 11.5. The number of ether oxygens (including phenoxy) is 1. The highest BCUT2D eigenvalue weighted by molar-refractivity contribution is 5.67. The molecule has 1 amide bonds. The lowest BCUT2D eigenvalue weighted by atomic mass is 9.97. The number of carbonyl (C=O) groups is 1. The Hall–Kier alpha value is -0.810. The van der Waals surface area contributed by atoms with Gasteiger partial charge >= 0.3 is 6.09 Å². The molecule has 0 aromatic heterocycles. The van der Waals surface area contributed by atoms with Crippen molar-refractivity contribution in [1.82, 2.24) is 10.2 Å². The van der Waals surface area contributed by atoms with Crippen LogP contribution in [0.4, 0.5) is 4.79 Å². The highest BCUT2D eigenvalue weighted by Gasteiger charge is 2.25. The normalized spacial score (nSPS) is 23.5. The first-order valence-electron chi connectivity index (χ1n) is 6.72. The lowest BCUT2D eigenvalue weighted by molar-refractivity contribution is 0.0514. The molecule has 2 unspecified atom stereocenters. The van der Waals surface area contributed by atoms with E-state index >= 15 is 0 Å².